The van der Waals surface area contributed by atoms with Crippen LogP contribution in [0.2, 0.25) is 0 Å². The first-order valence-electron chi connectivity index (χ1n) is 8.40. The molecule has 4 nitrogen and oxygen atoms in total. The molecule has 2 saturated heterocycles. The summed E-state index contributed by atoms with van der Waals surface area (Å²) in [6.45, 7) is 3.88. The van der Waals surface area contributed by atoms with E-state index in [0.29, 0.717) is 11.2 Å². The molecule has 0 bridgehead atoms. The molecule has 2 fully saturated rings. The van der Waals surface area contributed by atoms with Crippen molar-refractivity contribution < 1.29 is 9.21 Å². The molecule has 0 atom stereocenters. The Morgan fingerprint density at radius 2 is 1.87 bits per heavy atom. The number of amides is 1. The molecule has 23 heavy (non-hydrogen) atoms. The zero-order valence-corrected chi connectivity index (χ0v) is 13.3. The second kappa shape index (κ2) is 5.85. The van der Waals surface area contributed by atoms with Crippen LogP contribution in [0.4, 0.5) is 0 Å². The summed E-state index contributed by atoms with van der Waals surface area (Å²) in [6.07, 6.45) is 5.03. The van der Waals surface area contributed by atoms with E-state index in [2.05, 4.69) is 5.32 Å². The summed E-state index contributed by atoms with van der Waals surface area (Å²) >= 11 is 0. The highest BCUT2D eigenvalue weighted by Gasteiger charge is 2.38. The highest BCUT2D eigenvalue weighted by Crippen LogP contribution is 2.37. The first-order chi connectivity index (χ1) is 11.3. The molecule has 1 N–H and O–H groups in total. The van der Waals surface area contributed by atoms with E-state index in [9.17, 15) is 4.79 Å². The number of hydrogen-bond acceptors (Lipinski definition) is 3. The van der Waals surface area contributed by atoms with Crippen molar-refractivity contribution >= 4 is 5.91 Å². The van der Waals surface area contributed by atoms with Gasteiger partial charge < -0.3 is 14.6 Å². The van der Waals surface area contributed by atoms with Gasteiger partial charge in [-0.3, -0.25) is 4.79 Å². The fraction of sp³-hybridized carbons (Fsp3) is 0.421. The van der Waals surface area contributed by atoms with Crippen LogP contribution >= 0.6 is 0 Å². The van der Waals surface area contributed by atoms with Crippen LogP contribution in [-0.2, 0) is 0 Å². The first kappa shape index (κ1) is 14.5. The van der Waals surface area contributed by atoms with E-state index in [1.165, 1.54) is 6.42 Å². The number of likely N-dealkylation sites (tertiary alicyclic amines) is 1. The van der Waals surface area contributed by atoms with Gasteiger partial charge in [-0.2, -0.15) is 0 Å². The maximum Gasteiger partial charge on any atom is 0.290 e. The minimum absolute atomic E-state index is 0.0228. The minimum Gasteiger partial charge on any atom is -0.459 e. The Labute approximate surface area is 136 Å². The van der Waals surface area contributed by atoms with Gasteiger partial charge in [-0.05, 0) is 42.9 Å². The SMILES string of the molecule is O=C(c1occc1-c1ccccc1)N1CCC2(CCNC2)CC1. The molecule has 1 aromatic heterocycles. The molecule has 0 saturated carbocycles. The molecule has 1 amide bonds. The van der Waals surface area contributed by atoms with E-state index in [4.69, 9.17) is 4.42 Å². The standard InChI is InChI=1S/C19H22N2O2/c22-18(21-11-8-19(9-12-21)7-10-20-14-19)17-16(6-13-23-17)15-4-2-1-3-5-15/h1-6,13,20H,7-12,14H2. The van der Waals surface area contributed by atoms with E-state index in [1.807, 2.05) is 41.3 Å². The summed E-state index contributed by atoms with van der Waals surface area (Å²) in [5, 5.41) is 3.46. The molecule has 3 heterocycles. The van der Waals surface area contributed by atoms with Gasteiger partial charge in [0.15, 0.2) is 5.76 Å². The Balaban J connectivity index is 1.51. The van der Waals surface area contributed by atoms with Crippen molar-refractivity contribution in [3.05, 3.63) is 48.4 Å². The topological polar surface area (TPSA) is 45.5 Å². The second-order valence-electron chi connectivity index (χ2n) is 6.75. The lowest BCUT2D eigenvalue weighted by Crippen LogP contribution is -2.44. The highest BCUT2D eigenvalue weighted by molar-refractivity contribution is 5.98. The molecular formula is C19H22N2O2. The zero-order chi connectivity index (χ0) is 15.7. The molecule has 0 aliphatic carbocycles. The maximum atomic E-state index is 12.9. The number of carbonyl (C=O) groups excluding carboxylic acids is 1. The number of furan rings is 1. The quantitative estimate of drug-likeness (QED) is 0.927. The van der Waals surface area contributed by atoms with E-state index in [-0.39, 0.29) is 5.91 Å². The molecular weight excluding hydrogens is 288 g/mol. The van der Waals surface area contributed by atoms with Gasteiger partial charge in [0.1, 0.15) is 0 Å². The Hall–Kier alpha value is -2.07. The third-order valence-corrected chi connectivity index (χ3v) is 5.39. The van der Waals surface area contributed by atoms with Crippen LogP contribution in [0, 0.1) is 5.41 Å². The summed E-state index contributed by atoms with van der Waals surface area (Å²) in [6, 6.07) is 11.8. The Morgan fingerprint density at radius 3 is 2.57 bits per heavy atom. The highest BCUT2D eigenvalue weighted by atomic mass is 16.3. The van der Waals surface area contributed by atoms with Crippen LogP contribution in [-0.4, -0.2) is 37.0 Å². The van der Waals surface area contributed by atoms with Crippen LogP contribution in [0.1, 0.15) is 29.8 Å². The predicted molar refractivity (Wildman–Crippen MR) is 89.2 cm³/mol. The lowest BCUT2D eigenvalue weighted by Gasteiger charge is -2.38. The van der Waals surface area contributed by atoms with Gasteiger partial charge >= 0.3 is 0 Å². The Bertz CT molecular complexity index is 676. The monoisotopic (exact) mass is 310 g/mol. The van der Waals surface area contributed by atoms with Crippen molar-refractivity contribution in [2.45, 2.75) is 19.3 Å². The van der Waals surface area contributed by atoms with Crippen LogP contribution in [0.3, 0.4) is 0 Å². The van der Waals surface area contributed by atoms with Crippen LogP contribution in [0.5, 0.6) is 0 Å². The average molecular weight is 310 g/mol. The number of nitrogens with one attached hydrogen (secondary N) is 1. The third-order valence-electron chi connectivity index (χ3n) is 5.39. The number of carbonyl (C=O) groups is 1. The van der Waals surface area contributed by atoms with Crippen molar-refractivity contribution in [2.75, 3.05) is 26.2 Å². The Morgan fingerprint density at radius 1 is 1.09 bits per heavy atom. The van der Waals surface area contributed by atoms with Gasteiger partial charge in [-0.1, -0.05) is 30.3 Å². The lowest BCUT2D eigenvalue weighted by molar-refractivity contribution is 0.0578. The number of benzene rings is 1. The normalized spacial score (nSPS) is 20.1. The average Bonchev–Trinajstić information content (AvgIpc) is 3.26. The number of rotatable bonds is 2. The van der Waals surface area contributed by atoms with Crippen molar-refractivity contribution in [3.63, 3.8) is 0 Å². The zero-order valence-electron chi connectivity index (χ0n) is 13.3. The van der Waals surface area contributed by atoms with Crippen molar-refractivity contribution in [3.8, 4) is 11.1 Å². The summed E-state index contributed by atoms with van der Waals surface area (Å²) in [5.74, 6) is 0.492. The minimum atomic E-state index is 0.0228. The van der Waals surface area contributed by atoms with Crippen LogP contribution < -0.4 is 5.32 Å². The van der Waals surface area contributed by atoms with Gasteiger partial charge in [0.2, 0.25) is 0 Å². The molecule has 1 spiro atoms. The van der Waals surface area contributed by atoms with E-state index in [0.717, 1.165) is 50.1 Å². The smallest absolute Gasteiger partial charge is 0.290 e. The Kier molecular flexibility index (Phi) is 3.69. The van der Waals surface area contributed by atoms with Gasteiger partial charge in [0, 0.05) is 25.2 Å². The molecule has 1 aromatic carbocycles. The summed E-state index contributed by atoms with van der Waals surface area (Å²) in [5.41, 5.74) is 2.33. The number of piperidine rings is 1. The van der Waals surface area contributed by atoms with Crippen LogP contribution in [0.25, 0.3) is 11.1 Å². The maximum absolute atomic E-state index is 12.9. The summed E-state index contributed by atoms with van der Waals surface area (Å²) in [7, 11) is 0. The fourth-order valence-corrected chi connectivity index (χ4v) is 3.87. The molecule has 0 radical (unpaired) electrons. The first-order valence-corrected chi connectivity index (χ1v) is 8.40. The van der Waals surface area contributed by atoms with E-state index in [1.54, 1.807) is 6.26 Å². The molecule has 4 rings (SSSR count). The molecule has 2 aliphatic heterocycles. The molecule has 0 unspecified atom stereocenters. The fourth-order valence-electron chi connectivity index (χ4n) is 3.87. The molecule has 4 heteroatoms. The number of nitrogens with zero attached hydrogens (tertiary/aromatic N) is 1. The van der Waals surface area contributed by atoms with Crippen LogP contribution in [0.15, 0.2) is 47.1 Å². The van der Waals surface area contributed by atoms with E-state index >= 15 is 0 Å². The van der Waals surface area contributed by atoms with E-state index < -0.39 is 0 Å². The predicted octanol–water partition coefficient (Wildman–Crippen LogP) is 3.16. The third kappa shape index (κ3) is 2.68. The van der Waals surface area contributed by atoms with Gasteiger partial charge in [-0.25, -0.2) is 0 Å². The lowest BCUT2D eigenvalue weighted by atomic mass is 9.78. The molecule has 2 aromatic rings. The number of hydrogen-bond donors (Lipinski definition) is 1. The van der Waals surface area contributed by atoms with Gasteiger partial charge in [0.25, 0.3) is 5.91 Å². The second-order valence-corrected chi connectivity index (χ2v) is 6.75. The van der Waals surface area contributed by atoms with Gasteiger partial charge in [0.05, 0.1) is 6.26 Å². The summed E-state index contributed by atoms with van der Waals surface area (Å²) < 4.78 is 5.55. The molecule has 120 valence electrons. The van der Waals surface area contributed by atoms with Crippen molar-refractivity contribution in [1.82, 2.24) is 10.2 Å². The largest absolute Gasteiger partial charge is 0.459 e. The van der Waals surface area contributed by atoms with Gasteiger partial charge in [-0.15, -0.1) is 0 Å². The van der Waals surface area contributed by atoms with Crippen molar-refractivity contribution in [1.29, 1.82) is 0 Å². The van der Waals surface area contributed by atoms with Crippen molar-refractivity contribution in [2.24, 2.45) is 5.41 Å². The molecule has 2 aliphatic rings. The summed E-state index contributed by atoms with van der Waals surface area (Å²) in [4.78, 5) is 14.8.